The number of nitriles is 1. The van der Waals surface area contributed by atoms with E-state index < -0.39 is 0 Å². The van der Waals surface area contributed by atoms with Crippen molar-refractivity contribution in [2.45, 2.75) is 45.1 Å². The van der Waals surface area contributed by atoms with Crippen LogP contribution in [0.15, 0.2) is 42.0 Å². The zero-order valence-electron chi connectivity index (χ0n) is 15.9. The lowest BCUT2D eigenvalue weighted by Gasteiger charge is -2.22. The summed E-state index contributed by atoms with van der Waals surface area (Å²) >= 11 is 0. The number of aryl methyl sites for hydroxylation is 1. The minimum Gasteiger partial charge on any atom is -0.497 e. The fourth-order valence-electron chi connectivity index (χ4n) is 3.56. The summed E-state index contributed by atoms with van der Waals surface area (Å²) in [6.07, 6.45) is 7.14. The molecule has 0 saturated heterocycles. The van der Waals surface area contributed by atoms with Gasteiger partial charge in [0.15, 0.2) is 0 Å². The SMILES string of the molecule is COc1ccc(-n2c(C)ccc2/C=C(/C#N)C(=O)NC2CCCCC2)cc1. The molecule has 0 radical (unpaired) electrons. The summed E-state index contributed by atoms with van der Waals surface area (Å²) < 4.78 is 7.23. The molecule has 1 amide bonds. The fraction of sp³-hybridized carbons (Fsp3) is 0.364. The molecular formula is C22H25N3O2. The van der Waals surface area contributed by atoms with Crippen LogP contribution in [0.5, 0.6) is 5.75 Å². The molecule has 3 rings (SSSR count). The van der Waals surface area contributed by atoms with E-state index in [1.807, 2.05) is 47.9 Å². The fourth-order valence-corrected chi connectivity index (χ4v) is 3.56. The monoisotopic (exact) mass is 363 g/mol. The molecule has 1 aromatic heterocycles. The average molecular weight is 363 g/mol. The van der Waals surface area contributed by atoms with Gasteiger partial charge in [-0.15, -0.1) is 0 Å². The predicted octanol–water partition coefficient (Wildman–Crippen LogP) is 4.15. The van der Waals surface area contributed by atoms with E-state index in [2.05, 4.69) is 11.4 Å². The molecular weight excluding hydrogens is 338 g/mol. The summed E-state index contributed by atoms with van der Waals surface area (Å²) in [5.41, 5.74) is 2.91. The van der Waals surface area contributed by atoms with Gasteiger partial charge in [0.05, 0.1) is 7.11 Å². The highest BCUT2D eigenvalue weighted by molar-refractivity contribution is 6.01. The highest BCUT2D eigenvalue weighted by Gasteiger charge is 2.18. The van der Waals surface area contributed by atoms with Gasteiger partial charge in [-0.3, -0.25) is 4.79 Å². The third-order valence-electron chi connectivity index (χ3n) is 5.03. The molecule has 0 bridgehead atoms. The first-order valence-electron chi connectivity index (χ1n) is 9.38. The Labute approximate surface area is 160 Å². The number of hydrogen-bond donors (Lipinski definition) is 1. The van der Waals surface area contributed by atoms with Gasteiger partial charge in [0.2, 0.25) is 0 Å². The molecule has 1 saturated carbocycles. The summed E-state index contributed by atoms with van der Waals surface area (Å²) in [7, 11) is 1.63. The van der Waals surface area contributed by atoms with Crippen molar-refractivity contribution in [2.24, 2.45) is 0 Å². The second kappa shape index (κ2) is 8.59. The maximum absolute atomic E-state index is 12.6. The largest absolute Gasteiger partial charge is 0.497 e. The van der Waals surface area contributed by atoms with Crippen LogP contribution in [0.2, 0.25) is 0 Å². The second-order valence-electron chi connectivity index (χ2n) is 6.91. The number of rotatable bonds is 5. The summed E-state index contributed by atoms with van der Waals surface area (Å²) in [5, 5.41) is 12.5. The van der Waals surface area contributed by atoms with E-state index in [1.54, 1.807) is 13.2 Å². The van der Waals surface area contributed by atoms with Crippen LogP contribution in [0.3, 0.4) is 0 Å². The zero-order valence-corrected chi connectivity index (χ0v) is 15.9. The molecule has 1 fully saturated rings. The van der Waals surface area contributed by atoms with Gasteiger partial charge in [-0.2, -0.15) is 5.26 Å². The van der Waals surface area contributed by atoms with Gasteiger partial charge < -0.3 is 14.6 Å². The number of carbonyl (C=O) groups excluding carboxylic acids is 1. The number of hydrogen-bond acceptors (Lipinski definition) is 3. The van der Waals surface area contributed by atoms with Crippen molar-refractivity contribution in [1.29, 1.82) is 5.26 Å². The number of methoxy groups -OCH3 is 1. The number of aromatic nitrogens is 1. The van der Waals surface area contributed by atoms with Gasteiger partial charge in [0, 0.05) is 23.1 Å². The van der Waals surface area contributed by atoms with Gasteiger partial charge in [0.25, 0.3) is 5.91 Å². The number of ether oxygens (including phenoxy) is 1. The average Bonchev–Trinajstić information content (AvgIpc) is 3.07. The summed E-state index contributed by atoms with van der Waals surface area (Å²) in [6.45, 7) is 2.00. The number of benzene rings is 1. The minimum absolute atomic E-state index is 0.133. The molecule has 27 heavy (non-hydrogen) atoms. The molecule has 1 aliphatic carbocycles. The van der Waals surface area contributed by atoms with E-state index in [-0.39, 0.29) is 17.5 Å². The van der Waals surface area contributed by atoms with E-state index in [9.17, 15) is 10.1 Å². The molecule has 1 aliphatic rings. The molecule has 140 valence electrons. The van der Waals surface area contributed by atoms with Crippen LogP contribution in [-0.2, 0) is 4.79 Å². The topological polar surface area (TPSA) is 67.0 Å². The van der Waals surface area contributed by atoms with E-state index in [4.69, 9.17) is 4.74 Å². The lowest BCUT2D eigenvalue weighted by atomic mass is 9.95. The van der Waals surface area contributed by atoms with E-state index >= 15 is 0 Å². The molecule has 0 aliphatic heterocycles. The first-order chi connectivity index (χ1) is 13.1. The van der Waals surface area contributed by atoms with Gasteiger partial charge in [0.1, 0.15) is 17.4 Å². The van der Waals surface area contributed by atoms with Crippen LogP contribution >= 0.6 is 0 Å². The van der Waals surface area contributed by atoms with Crippen molar-refractivity contribution < 1.29 is 9.53 Å². The van der Waals surface area contributed by atoms with Crippen LogP contribution in [0.25, 0.3) is 11.8 Å². The highest BCUT2D eigenvalue weighted by Crippen LogP contribution is 2.22. The smallest absolute Gasteiger partial charge is 0.262 e. The molecule has 0 atom stereocenters. The lowest BCUT2D eigenvalue weighted by molar-refractivity contribution is -0.117. The van der Waals surface area contributed by atoms with Crippen molar-refractivity contribution >= 4 is 12.0 Å². The molecule has 1 aromatic carbocycles. The minimum atomic E-state index is -0.287. The second-order valence-corrected chi connectivity index (χ2v) is 6.91. The maximum Gasteiger partial charge on any atom is 0.262 e. The first-order valence-corrected chi connectivity index (χ1v) is 9.38. The Bertz CT molecular complexity index is 866. The van der Waals surface area contributed by atoms with Gasteiger partial charge in [-0.25, -0.2) is 0 Å². The third-order valence-corrected chi connectivity index (χ3v) is 5.03. The molecule has 5 heteroatoms. The zero-order chi connectivity index (χ0) is 19.2. The van der Waals surface area contributed by atoms with Crippen LogP contribution in [0, 0.1) is 18.3 Å². The Hall–Kier alpha value is -3.00. The van der Waals surface area contributed by atoms with Crippen LogP contribution in [0.4, 0.5) is 0 Å². The highest BCUT2D eigenvalue weighted by atomic mass is 16.5. The van der Waals surface area contributed by atoms with Crippen molar-refractivity contribution in [3.8, 4) is 17.5 Å². The number of nitrogens with zero attached hydrogens (tertiary/aromatic N) is 2. The van der Waals surface area contributed by atoms with Gasteiger partial charge in [-0.05, 0) is 62.2 Å². The number of amides is 1. The summed E-state index contributed by atoms with van der Waals surface area (Å²) in [5.74, 6) is 0.495. The summed E-state index contributed by atoms with van der Waals surface area (Å²) in [4.78, 5) is 12.6. The van der Waals surface area contributed by atoms with E-state index in [0.717, 1.165) is 48.5 Å². The maximum atomic E-state index is 12.6. The van der Waals surface area contributed by atoms with Crippen LogP contribution in [-0.4, -0.2) is 23.6 Å². The Kier molecular flexibility index (Phi) is 5.97. The number of carbonyl (C=O) groups is 1. The summed E-state index contributed by atoms with van der Waals surface area (Å²) in [6, 6.07) is 13.8. The molecule has 1 heterocycles. The quantitative estimate of drug-likeness (QED) is 0.641. The Morgan fingerprint density at radius 1 is 1.19 bits per heavy atom. The standard InChI is InChI=1S/C22H25N3O2/c1-16-8-9-20(25(16)19-10-12-21(27-2)13-11-19)14-17(15-23)22(26)24-18-6-4-3-5-7-18/h8-14,18H,3-7H2,1-2H3,(H,24,26)/b17-14-. The lowest BCUT2D eigenvalue weighted by Crippen LogP contribution is -2.36. The Morgan fingerprint density at radius 3 is 2.52 bits per heavy atom. The van der Waals surface area contributed by atoms with Crippen molar-refractivity contribution in [1.82, 2.24) is 9.88 Å². The number of nitrogens with one attached hydrogen (secondary N) is 1. The molecule has 0 unspecified atom stereocenters. The molecule has 0 spiro atoms. The van der Waals surface area contributed by atoms with Gasteiger partial charge in [-0.1, -0.05) is 19.3 Å². The normalized spacial score (nSPS) is 15.2. The third kappa shape index (κ3) is 4.40. The molecule has 2 aromatic rings. The van der Waals surface area contributed by atoms with Crippen molar-refractivity contribution in [3.63, 3.8) is 0 Å². The predicted molar refractivity (Wildman–Crippen MR) is 106 cm³/mol. The van der Waals surface area contributed by atoms with Crippen LogP contribution < -0.4 is 10.1 Å². The van der Waals surface area contributed by atoms with Crippen molar-refractivity contribution in [2.75, 3.05) is 7.11 Å². The van der Waals surface area contributed by atoms with E-state index in [1.165, 1.54) is 6.42 Å². The van der Waals surface area contributed by atoms with Gasteiger partial charge >= 0.3 is 0 Å². The van der Waals surface area contributed by atoms with Crippen LogP contribution in [0.1, 0.15) is 43.5 Å². The van der Waals surface area contributed by atoms with E-state index in [0.29, 0.717) is 0 Å². The van der Waals surface area contributed by atoms with Crippen molar-refractivity contribution in [3.05, 3.63) is 53.4 Å². The Balaban J connectivity index is 1.86. The molecule has 5 nitrogen and oxygen atoms in total. The molecule has 1 N–H and O–H groups in total. The Morgan fingerprint density at radius 2 is 1.89 bits per heavy atom. The first kappa shape index (κ1) is 18.8.